The van der Waals surface area contributed by atoms with Gasteiger partial charge in [0.05, 0.1) is 7.11 Å². The molecular weight excluding hydrogens is 241 g/mol. The van der Waals surface area contributed by atoms with Crippen molar-refractivity contribution < 1.29 is 9.13 Å². The third-order valence-electron chi connectivity index (χ3n) is 3.51. The monoisotopic (exact) mass is 267 g/mol. The summed E-state index contributed by atoms with van der Waals surface area (Å²) in [5.74, 6) is 0.751. The zero-order chi connectivity index (χ0) is 14.6. The molecular formula is C16H26FNO. The number of halogens is 1. The van der Waals surface area contributed by atoms with Gasteiger partial charge in [0.25, 0.3) is 0 Å². The van der Waals surface area contributed by atoms with Gasteiger partial charge in [-0.2, -0.15) is 0 Å². The Balaban J connectivity index is 2.71. The zero-order valence-electron chi connectivity index (χ0n) is 12.9. The average Bonchev–Trinajstić information content (AvgIpc) is 2.34. The summed E-state index contributed by atoms with van der Waals surface area (Å²) < 4.78 is 18.7. The lowest BCUT2D eigenvalue weighted by Crippen LogP contribution is -2.39. The molecule has 19 heavy (non-hydrogen) atoms. The van der Waals surface area contributed by atoms with E-state index in [2.05, 4.69) is 39.9 Å². The van der Waals surface area contributed by atoms with Crippen LogP contribution in [-0.2, 0) is 0 Å². The minimum atomic E-state index is -0.289. The predicted molar refractivity (Wildman–Crippen MR) is 78.3 cm³/mol. The molecule has 0 aliphatic carbocycles. The maximum absolute atomic E-state index is 13.7. The van der Waals surface area contributed by atoms with E-state index in [1.807, 2.05) is 6.07 Å². The summed E-state index contributed by atoms with van der Waals surface area (Å²) in [5, 5.41) is 3.49. The first-order chi connectivity index (χ1) is 8.74. The number of hydrogen-bond donors (Lipinski definition) is 1. The molecule has 1 aromatic rings. The van der Waals surface area contributed by atoms with E-state index in [9.17, 15) is 4.39 Å². The Hall–Kier alpha value is -1.09. The minimum absolute atomic E-state index is 0.110. The van der Waals surface area contributed by atoms with Crippen LogP contribution < -0.4 is 10.1 Å². The second-order valence-electron chi connectivity index (χ2n) is 6.29. The Morgan fingerprint density at radius 2 is 1.89 bits per heavy atom. The van der Waals surface area contributed by atoms with E-state index in [0.717, 1.165) is 12.1 Å². The molecule has 3 heteroatoms. The van der Waals surface area contributed by atoms with Crippen molar-refractivity contribution in [3.63, 3.8) is 0 Å². The summed E-state index contributed by atoms with van der Waals surface area (Å²) in [6.45, 7) is 11.7. The summed E-state index contributed by atoms with van der Waals surface area (Å²) in [6.07, 6.45) is 0. The number of ether oxygens (including phenoxy) is 1. The molecule has 0 bridgehead atoms. The molecule has 2 unspecified atom stereocenters. The van der Waals surface area contributed by atoms with Crippen LogP contribution >= 0.6 is 0 Å². The van der Waals surface area contributed by atoms with Gasteiger partial charge in [0.1, 0.15) is 0 Å². The highest BCUT2D eigenvalue weighted by atomic mass is 19.1. The van der Waals surface area contributed by atoms with Crippen molar-refractivity contribution in [2.24, 2.45) is 5.92 Å². The molecule has 0 amide bonds. The molecule has 0 radical (unpaired) electrons. The highest BCUT2D eigenvalue weighted by molar-refractivity contribution is 5.31. The summed E-state index contributed by atoms with van der Waals surface area (Å²) in [6, 6.07) is 5.22. The summed E-state index contributed by atoms with van der Waals surface area (Å²) in [4.78, 5) is 0. The summed E-state index contributed by atoms with van der Waals surface area (Å²) in [5.41, 5.74) is 1.13. The van der Waals surface area contributed by atoms with Crippen molar-refractivity contribution in [3.8, 4) is 5.75 Å². The van der Waals surface area contributed by atoms with Crippen molar-refractivity contribution in [1.29, 1.82) is 0 Å². The third kappa shape index (κ3) is 4.83. The number of methoxy groups -OCH3 is 1. The maximum atomic E-state index is 13.7. The van der Waals surface area contributed by atoms with Gasteiger partial charge in [0.15, 0.2) is 11.6 Å². The van der Waals surface area contributed by atoms with Gasteiger partial charge in [-0.25, -0.2) is 4.39 Å². The standard InChI is InChI=1S/C16H26FNO/c1-11(10-18-16(3,4)5)12(2)13-7-8-15(19-6)14(17)9-13/h7-9,11-12,18H,10H2,1-6H3. The Kier molecular flexibility index (Phi) is 5.36. The third-order valence-corrected chi connectivity index (χ3v) is 3.51. The number of hydrogen-bond acceptors (Lipinski definition) is 2. The lowest BCUT2D eigenvalue weighted by molar-refractivity contribution is 0.357. The fourth-order valence-corrected chi connectivity index (χ4v) is 1.94. The summed E-state index contributed by atoms with van der Waals surface area (Å²) in [7, 11) is 1.48. The van der Waals surface area contributed by atoms with Gasteiger partial charge >= 0.3 is 0 Å². The van der Waals surface area contributed by atoms with Crippen LogP contribution in [0.4, 0.5) is 4.39 Å². The molecule has 0 fully saturated rings. The number of rotatable bonds is 5. The quantitative estimate of drug-likeness (QED) is 0.872. The van der Waals surface area contributed by atoms with Crippen LogP contribution in [0.1, 0.15) is 46.1 Å². The van der Waals surface area contributed by atoms with E-state index in [4.69, 9.17) is 4.74 Å². The van der Waals surface area contributed by atoms with E-state index < -0.39 is 0 Å². The van der Waals surface area contributed by atoms with Crippen LogP contribution in [0.25, 0.3) is 0 Å². The molecule has 2 atom stereocenters. The van der Waals surface area contributed by atoms with Crippen molar-refractivity contribution >= 4 is 0 Å². The molecule has 0 aromatic heterocycles. The van der Waals surface area contributed by atoms with Gasteiger partial charge in [-0.3, -0.25) is 0 Å². The van der Waals surface area contributed by atoms with Crippen molar-refractivity contribution in [1.82, 2.24) is 5.32 Å². The molecule has 0 spiro atoms. The Morgan fingerprint density at radius 3 is 2.37 bits per heavy atom. The smallest absolute Gasteiger partial charge is 0.165 e. The molecule has 2 nitrogen and oxygen atoms in total. The molecule has 0 saturated carbocycles. The molecule has 108 valence electrons. The van der Waals surface area contributed by atoms with Gasteiger partial charge in [-0.05, 0) is 56.8 Å². The second-order valence-corrected chi connectivity index (χ2v) is 6.29. The highest BCUT2D eigenvalue weighted by Gasteiger charge is 2.18. The van der Waals surface area contributed by atoms with Gasteiger partial charge in [0, 0.05) is 5.54 Å². The van der Waals surface area contributed by atoms with Crippen LogP contribution in [0.2, 0.25) is 0 Å². The van der Waals surface area contributed by atoms with E-state index in [0.29, 0.717) is 17.6 Å². The fraction of sp³-hybridized carbons (Fsp3) is 0.625. The van der Waals surface area contributed by atoms with E-state index in [1.54, 1.807) is 12.1 Å². The van der Waals surface area contributed by atoms with Crippen LogP contribution in [0, 0.1) is 11.7 Å². The predicted octanol–water partition coefficient (Wildman–Crippen LogP) is 3.96. The van der Waals surface area contributed by atoms with Gasteiger partial charge in [0.2, 0.25) is 0 Å². The van der Waals surface area contributed by atoms with Crippen LogP contribution in [-0.4, -0.2) is 19.2 Å². The van der Waals surface area contributed by atoms with Crippen LogP contribution in [0.15, 0.2) is 18.2 Å². The minimum Gasteiger partial charge on any atom is -0.494 e. The topological polar surface area (TPSA) is 21.3 Å². The molecule has 0 aliphatic rings. The first-order valence-corrected chi connectivity index (χ1v) is 6.83. The molecule has 0 saturated heterocycles. The van der Waals surface area contributed by atoms with Gasteiger partial charge in [-0.15, -0.1) is 0 Å². The molecule has 1 N–H and O–H groups in total. The molecule has 1 rings (SSSR count). The fourth-order valence-electron chi connectivity index (χ4n) is 1.94. The summed E-state index contributed by atoms with van der Waals surface area (Å²) >= 11 is 0. The lowest BCUT2D eigenvalue weighted by atomic mass is 9.88. The van der Waals surface area contributed by atoms with Crippen molar-refractivity contribution in [2.45, 2.75) is 46.1 Å². The van der Waals surface area contributed by atoms with Gasteiger partial charge < -0.3 is 10.1 Å². The lowest BCUT2D eigenvalue weighted by Gasteiger charge is -2.27. The molecule has 0 heterocycles. The Labute approximate surface area is 116 Å². The molecule has 1 aromatic carbocycles. The largest absolute Gasteiger partial charge is 0.494 e. The SMILES string of the molecule is COc1ccc(C(C)C(C)CNC(C)(C)C)cc1F. The maximum Gasteiger partial charge on any atom is 0.165 e. The van der Waals surface area contributed by atoms with Crippen LogP contribution in [0.3, 0.4) is 0 Å². The first kappa shape index (κ1) is 16.0. The second kappa shape index (κ2) is 6.38. The number of nitrogens with one attached hydrogen (secondary N) is 1. The van der Waals surface area contributed by atoms with Gasteiger partial charge in [-0.1, -0.05) is 19.9 Å². The average molecular weight is 267 g/mol. The van der Waals surface area contributed by atoms with Crippen molar-refractivity contribution in [2.75, 3.05) is 13.7 Å². The highest BCUT2D eigenvalue weighted by Crippen LogP contribution is 2.27. The van der Waals surface area contributed by atoms with Crippen LogP contribution in [0.5, 0.6) is 5.75 Å². The Bertz CT molecular complexity index is 412. The first-order valence-electron chi connectivity index (χ1n) is 6.83. The van der Waals surface area contributed by atoms with E-state index >= 15 is 0 Å². The zero-order valence-corrected chi connectivity index (χ0v) is 12.9. The van der Waals surface area contributed by atoms with E-state index in [-0.39, 0.29) is 11.4 Å². The Morgan fingerprint density at radius 1 is 1.26 bits per heavy atom. The van der Waals surface area contributed by atoms with E-state index in [1.165, 1.54) is 7.11 Å². The number of benzene rings is 1. The molecule has 0 aliphatic heterocycles. The van der Waals surface area contributed by atoms with Crippen molar-refractivity contribution in [3.05, 3.63) is 29.6 Å². The normalized spacial score (nSPS) is 15.1.